The van der Waals surface area contributed by atoms with Crippen LogP contribution in [0.15, 0.2) is 59.4 Å². The number of halogens is 1. The van der Waals surface area contributed by atoms with E-state index in [0.717, 1.165) is 11.1 Å². The van der Waals surface area contributed by atoms with Crippen LogP contribution in [0.25, 0.3) is 11.2 Å². The van der Waals surface area contributed by atoms with Gasteiger partial charge in [0, 0.05) is 24.0 Å². The normalized spacial score (nSPS) is 15.7. The summed E-state index contributed by atoms with van der Waals surface area (Å²) in [6, 6.07) is 16.5. The van der Waals surface area contributed by atoms with Crippen molar-refractivity contribution in [1.29, 1.82) is 0 Å². The molecule has 0 radical (unpaired) electrons. The van der Waals surface area contributed by atoms with E-state index in [1.165, 1.54) is 4.31 Å². The van der Waals surface area contributed by atoms with Gasteiger partial charge in [0.1, 0.15) is 5.82 Å². The number of H-pyrrole nitrogens is 1. The van der Waals surface area contributed by atoms with E-state index in [1.54, 1.807) is 10.7 Å². The minimum atomic E-state index is -3.41. The van der Waals surface area contributed by atoms with Crippen LogP contribution in [0.4, 0.5) is 0 Å². The van der Waals surface area contributed by atoms with Gasteiger partial charge in [0.2, 0.25) is 10.0 Å². The summed E-state index contributed by atoms with van der Waals surface area (Å²) in [5.41, 5.74) is 1.91. The van der Waals surface area contributed by atoms with E-state index in [0.29, 0.717) is 49.0 Å². The number of hydrogen-bond acceptors (Lipinski definition) is 6. The first-order valence-electron chi connectivity index (χ1n) is 11.0. The fourth-order valence-corrected chi connectivity index (χ4v) is 6.05. The van der Waals surface area contributed by atoms with Crippen molar-refractivity contribution in [3.8, 4) is 0 Å². The minimum absolute atomic E-state index is 0.0199. The van der Waals surface area contributed by atoms with Crippen molar-refractivity contribution < 1.29 is 8.42 Å². The molecule has 0 amide bonds. The van der Waals surface area contributed by atoms with E-state index in [4.69, 9.17) is 11.6 Å². The first kappa shape index (κ1) is 22.7. The zero-order valence-corrected chi connectivity index (χ0v) is 19.8. The number of hydrogen-bond donors (Lipinski definition) is 1. The molecule has 9 nitrogen and oxygen atoms in total. The lowest BCUT2D eigenvalue weighted by molar-refractivity contribution is 0.313. The lowest BCUT2D eigenvalue weighted by Gasteiger charge is -2.30. The van der Waals surface area contributed by atoms with E-state index in [-0.39, 0.29) is 22.7 Å². The van der Waals surface area contributed by atoms with Crippen molar-refractivity contribution in [3.05, 3.63) is 86.9 Å². The Morgan fingerprint density at radius 3 is 2.50 bits per heavy atom. The molecule has 0 spiro atoms. The summed E-state index contributed by atoms with van der Waals surface area (Å²) < 4.78 is 28.8. The van der Waals surface area contributed by atoms with Crippen molar-refractivity contribution in [2.45, 2.75) is 31.1 Å². The molecule has 2 aromatic heterocycles. The van der Waals surface area contributed by atoms with Crippen LogP contribution in [-0.4, -0.2) is 50.8 Å². The van der Waals surface area contributed by atoms with Gasteiger partial charge in [-0.25, -0.2) is 22.4 Å². The molecule has 176 valence electrons. The predicted octanol–water partition coefficient (Wildman–Crippen LogP) is 2.93. The van der Waals surface area contributed by atoms with Crippen LogP contribution >= 0.6 is 11.6 Å². The maximum atomic E-state index is 12.9. The third-order valence-corrected chi connectivity index (χ3v) is 8.12. The number of nitrogens with one attached hydrogen (secondary N) is 1. The highest BCUT2D eigenvalue weighted by molar-refractivity contribution is 7.88. The maximum absolute atomic E-state index is 12.9. The van der Waals surface area contributed by atoms with E-state index in [1.807, 2.05) is 48.5 Å². The Morgan fingerprint density at radius 2 is 1.76 bits per heavy atom. The highest BCUT2D eigenvalue weighted by atomic mass is 35.5. The molecule has 0 bridgehead atoms. The summed E-state index contributed by atoms with van der Waals surface area (Å²) in [4.78, 5) is 20.2. The van der Waals surface area contributed by atoms with Crippen molar-refractivity contribution >= 4 is 32.8 Å². The third kappa shape index (κ3) is 4.75. The van der Waals surface area contributed by atoms with Gasteiger partial charge in [0.25, 0.3) is 5.56 Å². The molecule has 0 saturated carbocycles. The quantitative estimate of drug-likeness (QED) is 0.437. The standard InChI is InChI=1S/C23H23ClN6O3S/c24-19-8-4-7-17(13-19)14-30-22-20(27-28-30)23(31)26-21(25-22)18-9-11-29(12-10-18)34(32,33)15-16-5-2-1-3-6-16/h1-8,13,18H,9-12,14-15H2,(H,25,26,31). The Hall–Kier alpha value is -3.08. The molecular formula is C23H23ClN6O3S. The Morgan fingerprint density at radius 1 is 1.03 bits per heavy atom. The molecule has 1 saturated heterocycles. The fourth-order valence-electron chi connectivity index (χ4n) is 4.27. The van der Waals surface area contributed by atoms with Gasteiger partial charge >= 0.3 is 0 Å². The van der Waals surface area contributed by atoms with E-state index >= 15 is 0 Å². The molecule has 1 aliphatic heterocycles. The van der Waals surface area contributed by atoms with Crippen molar-refractivity contribution in [2.75, 3.05) is 13.1 Å². The molecule has 1 aliphatic rings. The highest BCUT2D eigenvalue weighted by Crippen LogP contribution is 2.28. The zero-order chi connectivity index (χ0) is 23.7. The summed E-state index contributed by atoms with van der Waals surface area (Å²) in [5.74, 6) is 0.454. The van der Waals surface area contributed by atoms with E-state index < -0.39 is 10.0 Å². The molecule has 1 N–H and O–H groups in total. The Kier molecular flexibility index (Phi) is 6.20. The first-order valence-corrected chi connectivity index (χ1v) is 13.0. The van der Waals surface area contributed by atoms with Gasteiger partial charge in [-0.05, 0) is 36.1 Å². The fraction of sp³-hybridized carbons (Fsp3) is 0.304. The number of sulfonamides is 1. The van der Waals surface area contributed by atoms with Crippen LogP contribution < -0.4 is 5.56 Å². The lowest BCUT2D eigenvalue weighted by Crippen LogP contribution is -2.39. The molecule has 2 aromatic carbocycles. The molecule has 4 aromatic rings. The van der Waals surface area contributed by atoms with Crippen molar-refractivity contribution in [3.63, 3.8) is 0 Å². The van der Waals surface area contributed by atoms with E-state index in [2.05, 4.69) is 20.3 Å². The van der Waals surface area contributed by atoms with Crippen LogP contribution in [0.2, 0.25) is 5.02 Å². The monoisotopic (exact) mass is 498 g/mol. The summed E-state index contributed by atoms with van der Waals surface area (Å²) >= 11 is 6.08. The Balaban J connectivity index is 1.33. The number of benzene rings is 2. The van der Waals surface area contributed by atoms with Crippen LogP contribution in [-0.2, 0) is 22.3 Å². The number of fused-ring (bicyclic) bond motifs is 1. The van der Waals surface area contributed by atoms with Gasteiger partial charge in [0.05, 0.1) is 12.3 Å². The predicted molar refractivity (Wildman–Crippen MR) is 129 cm³/mol. The number of aromatic nitrogens is 5. The van der Waals surface area contributed by atoms with E-state index in [9.17, 15) is 13.2 Å². The van der Waals surface area contributed by atoms with Crippen molar-refractivity contribution in [2.24, 2.45) is 0 Å². The SMILES string of the molecule is O=c1[nH]c(C2CCN(S(=O)(=O)Cc3ccccc3)CC2)nc2c1nnn2Cc1cccc(Cl)c1. The smallest absolute Gasteiger partial charge is 0.281 e. The molecular weight excluding hydrogens is 476 g/mol. The highest BCUT2D eigenvalue weighted by Gasteiger charge is 2.30. The summed E-state index contributed by atoms with van der Waals surface area (Å²) in [6.07, 6.45) is 1.14. The van der Waals surface area contributed by atoms with Gasteiger partial charge < -0.3 is 4.98 Å². The number of aromatic amines is 1. The van der Waals surface area contributed by atoms with Gasteiger partial charge in [-0.2, -0.15) is 0 Å². The van der Waals surface area contributed by atoms with Gasteiger partial charge in [-0.1, -0.05) is 59.3 Å². The van der Waals surface area contributed by atoms with Crippen LogP contribution in [0.5, 0.6) is 0 Å². The summed E-state index contributed by atoms with van der Waals surface area (Å²) in [5, 5.41) is 8.71. The largest absolute Gasteiger partial charge is 0.308 e. The third-order valence-electron chi connectivity index (χ3n) is 6.04. The molecule has 3 heterocycles. The summed E-state index contributed by atoms with van der Waals surface area (Å²) in [7, 11) is -3.41. The maximum Gasteiger partial charge on any atom is 0.281 e. The average molecular weight is 499 g/mol. The van der Waals surface area contributed by atoms with Crippen LogP contribution in [0.3, 0.4) is 0 Å². The molecule has 1 fully saturated rings. The topological polar surface area (TPSA) is 114 Å². The lowest BCUT2D eigenvalue weighted by atomic mass is 9.97. The molecule has 11 heteroatoms. The van der Waals surface area contributed by atoms with Crippen LogP contribution in [0, 0.1) is 0 Å². The second-order valence-electron chi connectivity index (χ2n) is 8.42. The average Bonchev–Trinajstić information content (AvgIpc) is 3.23. The van der Waals surface area contributed by atoms with Crippen LogP contribution in [0.1, 0.15) is 35.7 Å². The number of rotatable bonds is 6. The van der Waals surface area contributed by atoms with Crippen molar-refractivity contribution in [1.82, 2.24) is 29.3 Å². The molecule has 34 heavy (non-hydrogen) atoms. The summed E-state index contributed by atoms with van der Waals surface area (Å²) in [6.45, 7) is 1.13. The molecule has 0 aliphatic carbocycles. The Bertz CT molecular complexity index is 1480. The molecule has 0 unspecified atom stereocenters. The molecule has 5 rings (SSSR count). The second kappa shape index (κ2) is 9.28. The minimum Gasteiger partial charge on any atom is -0.308 e. The number of nitrogens with zero attached hydrogens (tertiary/aromatic N) is 5. The van der Waals surface area contributed by atoms with Gasteiger partial charge in [-0.15, -0.1) is 5.10 Å². The zero-order valence-electron chi connectivity index (χ0n) is 18.3. The first-order chi connectivity index (χ1) is 16.4. The number of piperidine rings is 1. The molecule has 0 atom stereocenters. The second-order valence-corrected chi connectivity index (χ2v) is 10.8. The Labute approximate surface area is 201 Å². The van der Waals surface area contributed by atoms with Gasteiger partial charge in [0.15, 0.2) is 11.2 Å². The van der Waals surface area contributed by atoms with Gasteiger partial charge in [-0.3, -0.25) is 4.79 Å².